The Hall–Kier alpha value is -2.31. The van der Waals surface area contributed by atoms with Crippen LogP contribution in [0.2, 0.25) is 0 Å². The van der Waals surface area contributed by atoms with Crippen LogP contribution in [0.4, 0.5) is 5.69 Å². The monoisotopic (exact) mass is 442 g/mol. The molecule has 10 nitrogen and oxygen atoms in total. The number of nitro groups is 1. The molecular weight excluding hydrogens is 420 g/mol. The van der Waals surface area contributed by atoms with Crippen LogP contribution >= 0.6 is 0 Å². The highest BCUT2D eigenvalue weighted by Crippen LogP contribution is 2.29. The molecule has 1 aromatic heterocycles. The van der Waals surface area contributed by atoms with E-state index in [1.807, 2.05) is 6.92 Å². The number of benzene rings is 1. The van der Waals surface area contributed by atoms with E-state index in [9.17, 15) is 26.9 Å². The van der Waals surface area contributed by atoms with Gasteiger partial charge in [-0.3, -0.25) is 10.1 Å². The minimum Gasteiger partial charge on any atom is -0.258 e. The number of sulfonamides is 1. The molecule has 1 saturated heterocycles. The highest BCUT2D eigenvalue weighted by atomic mass is 32.2. The van der Waals surface area contributed by atoms with Gasteiger partial charge in [0.15, 0.2) is 0 Å². The fourth-order valence-corrected chi connectivity index (χ4v) is 6.98. The van der Waals surface area contributed by atoms with Crippen molar-refractivity contribution in [2.45, 2.75) is 43.4 Å². The van der Waals surface area contributed by atoms with Gasteiger partial charge in [0.2, 0.25) is 10.0 Å². The molecule has 1 unspecified atom stereocenters. The summed E-state index contributed by atoms with van der Waals surface area (Å²) in [5.41, 5.74) is -0.371. The summed E-state index contributed by atoms with van der Waals surface area (Å²) in [6, 6.07) is 4.56. The van der Waals surface area contributed by atoms with E-state index in [2.05, 4.69) is 5.10 Å². The maximum absolute atomic E-state index is 13.2. The molecule has 0 amide bonds. The molecule has 29 heavy (non-hydrogen) atoms. The molecule has 1 fully saturated rings. The van der Waals surface area contributed by atoms with E-state index in [0.29, 0.717) is 17.2 Å². The Morgan fingerprint density at radius 1 is 1.17 bits per heavy atom. The number of piperidine rings is 1. The van der Waals surface area contributed by atoms with E-state index in [1.54, 1.807) is 0 Å². The molecule has 3 rings (SSSR count). The van der Waals surface area contributed by atoms with Gasteiger partial charge in [0.1, 0.15) is 4.90 Å². The van der Waals surface area contributed by atoms with Gasteiger partial charge in [-0.2, -0.15) is 21.9 Å². The Kier molecular flexibility index (Phi) is 5.54. The van der Waals surface area contributed by atoms with Crippen molar-refractivity contribution in [1.82, 2.24) is 13.5 Å². The maximum atomic E-state index is 13.2. The Morgan fingerprint density at radius 2 is 1.86 bits per heavy atom. The van der Waals surface area contributed by atoms with Crippen molar-refractivity contribution in [3.8, 4) is 0 Å². The predicted octanol–water partition coefficient (Wildman–Crippen LogP) is 2.07. The molecule has 0 aliphatic carbocycles. The summed E-state index contributed by atoms with van der Waals surface area (Å²) < 4.78 is 54.4. The zero-order valence-electron chi connectivity index (χ0n) is 16.3. The van der Waals surface area contributed by atoms with Crippen molar-refractivity contribution in [3.63, 3.8) is 0 Å². The second-order valence-corrected chi connectivity index (χ2v) is 10.9. The molecule has 0 radical (unpaired) electrons. The number of rotatable bonds is 5. The Balaban J connectivity index is 2.10. The Labute approximate surface area is 169 Å². The van der Waals surface area contributed by atoms with Crippen LogP contribution < -0.4 is 0 Å². The molecule has 0 saturated carbocycles. The lowest BCUT2D eigenvalue weighted by molar-refractivity contribution is -0.385. The van der Waals surface area contributed by atoms with Gasteiger partial charge < -0.3 is 0 Å². The van der Waals surface area contributed by atoms with Crippen molar-refractivity contribution in [3.05, 3.63) is 45.8 Å². The first-order chi connectivity index (χ1) is 13.5. The number of aryl methyl sites for hydroxylation is 1. The Morgan fingerprint density at radius 3 is 2.48 bits per heavy atom. The SMILES string of the molecule is Cc1nn(S(=O)(=O)c2cccc([N+](=O)[O-])c2)c(C)c1S(=O)(=O)N1CCCC(C)C1. The first-order valence-electron chi connectivity index (χ1n) is 9.02. The molecule has 0 bridgehead atoms. The lowest BCUT2D eigenvalue weighted by atomic mass is 10.0. The van der Waals surface area contributed by atoms with E-state index in [1.165, 1.54) is 36.4 Å². The summed E-state index contributed by atoms with van der Waals surface area (Å²) in [4.78, 5) is 9.80. The van der Waals surface area contributed by atoms with Crippen molar-refractivity contribution >= 4 is 25.7 Å². The minimum absolute atomic E-state index is 0.0489. The average molecular weight is 443 g/mol. The van der Waals surface area contributed by atoms with Crippen LogP contribution in [0.3, 0.4) is 0 Å². The molecule has 1 aliphatic heterocycles. The van der Waals surface area contributed by atoms with Crippen molar-refractivity contribution in [2.24, 2.45) is 5.92 Å². The van der Waals surface area contributed by atoms with Gasteiger partial charge in [-0.1, -0.05) is 13.0 Å². The smallest absolute Gasteiger partial charge is 0.258 e. The number of hydrogen-bond donors (Lipinski definition) is 0. The third kappa shape index (κ3) is 3.79. The van der Waals surface area contributed by atoms with Gasteiger partial charge in [0.25, 0.3) is 15.7 Å². The third-order valence-electron chi connectivity index (χ3n) is 4.96. The largest absolute Gasteiger partial charge is 0.283 e. The van der Waals surface area contributed by atoms with Crippen LogP contribution in [0.5, 0.6) is 0 Å². The molecule has 1 aromatic carbocycles. The van der Waals surface area contributed by atoms with Crippen LogP contribution in [0.15, 0.2) is 34.1 Å². The first-order valence-corrected chi connectivity index (χ1v) is 11.9. The second-order valence-electron chi connectivity index (χ2n) is 7.21. The van der Waals surface area contributed by atoms with Gasteiger partial charge in [-0.05, 0) is 38.7 Å². The number of hydrogen-bond acceptors (Lipinski definition) is 7. The minimum atomic E-state index is -4.31. The van der Waals surface area contributed by atoms with Gasteiger partial charge in [-0.25, -0.2) is 8.42 Å². The summed E-state index contributed by atoms with van der Waals surface area (Å²) in [5, 5.41) is 14.9. The van der Waals surface area contributed by atoms with Crippen LogP contribution in [-0.2, 0) is 20.0 Å². The predicted molar refractivity (Wildman–Crippen MR) is 105 cm³/mol. The van der Waals surface area contributed by atoms with Gasteiger partial charge >= 0.3 is 0 Å². The summed E-state index contributed by atoms with van der Waals surface area (Å²) in [5.74, 6) is 0.211. The van der Waals surface area contributed by atoms with Crippen molar-refractivity contribution in [2.75, 3.05) is 13.1 Å². The summed E-state index contributed by atoms with van der Waals surface area (Å²) in [6.07, 6.45) is 1.67. The third-order valence-corrected chi connectivity index (χ3v) is 8.74. The van der Waals surface area contributed by atoms with E-state index in [-0.39, 0.29) is 32.8 Å². The number of nitro benzene ring substituents is 1. The molecule has 0 N–H and O–H groups in total. The summed E-state index contributed by atoms with van der Waals surface area (Å²) >= 11 is 0. The topological polar surface area (TPSA) is 132 Å². The van der Waals surface area contributed by atoms with Crippen molar-refractivity contribution < 1.29 is 21.8 Å². The van der Waals surface area contributed by atoms with E-state index in [4.69, 9.17) is 0 Å². The molecule has 0 spiro atoms. The lowest BCUT2D eigenvalue weighted by Crippen LogP contribution is -2.39. The van der Waals surface area contributed by atoms with Crippen LogP contribution in [-0.4, -0.2) is 48.3 Å². The average Bonchev–Trinajstić information content (AvgIpc) is 2.97. The van der Waals surface area contributed by atoms with E-state index >= 15 is 0 Å². The molecular formula is C17H22N4O6S2. The molecule has 158 valence electrons. The zero-order valence-corrected chi connectivity index (χ0v) is 17.9. The fraction of sp³-hybridized carbons (Fsp3) is 0.471. The fourth-order valence-electron chi connectivity index (χ4n) is 3.56. The number of non-ortho nitro benzene ring substituents is 1. The molecule has 2 heterocycles. The number of nitrogens with zero attached hydrogens (tertiary/aromatic N) is 4. The van der Waals surface area contributed by atoms with Crippen molar-refractivity contribution in [1.29, 1.82) is 0 Å². The highest BCUT2D eigenvalue weighted by molar-refractivity contribution is 7.90. The van der Waals surface area contributed by atoms with Crippen LogP contribution in [0.1, 0.15) is 31.2 Å². The highest BCUT2D eigenvalue weighted by Gasteiger charge is 2.35. The van der Waals surface area contributed by atoms with Gasteiger partial charge in [-0.15, -0.1) is 0 Å². The summed E-state index contributed by atoms with van der Waals surface area (Å²) in [7, 11) is -8.23. The van der Waals surface area contributed by atoms with Gasteiger partial charge in [0.05, 0.1) is 21.2 Å². The molecule has 12 heteroatoms. The van der Waals surface area contributed by atoms with Crippen LogP contribution in [0.25, 0.3) is 0 Å². The molecule has 1 aliphatic rings. The maximum Gasteiger partial charge on any atom is 0.283 e. The first kappa shape index (κ1) is 21.4. The standard InChI is InChI=1S/C17H22N4O6S2/c1-12-6-5-9-19(11-12)29(26,27)17-13(2)18-20(14(17)3)28(24,25)16-8-4-7-15(10-16)21(22)23/h4,7-8,10,12H,5-6,9,11H2,1-3H3. The quantitative estimate of drug-likeness (QED) is 0.511. The van der Waals surface area contributed by atoms with Gasteiger partial charge in [0, 0.05) is 25.2 Å². The van der Waals surface area contributed by atoms with E-state index < -0.39 is 25.0 Å². The Bertz CT molecular complexity index is 1170. The lowest BCUT2D eigenvalue weighted by Gasteiger charge is -2.30. The zero-order chi connectivity index (χ0) is 21.6. The van der Waals surface area contributed by atoms with Crippen LogP contribution in [0, 0.1) is 29.9 Å². The second kappa shape index (κ2) is 7.50. The molecule has 1 atom stereocenters. The van der Waals surface area contributed by atoms with E-state index in [0.717, 1.165) is 18.9 Å². The molecule has 2 aromatic rings. The normalized spacial score (nSPS) is 18.7. The summed E-state index contributed by atoms with van der Waals surface area (Å²) in [6.45, 7) is 5.51. The number of aromatic nitrogens is 2.